The molecule has 0 aliphatic carbocycles. The average molecular weight is 377 g/mol. The van der Waals surface area contributed by atoms with Crippen molar-refractivity contribution in [3.63, 3.8) is 0 Å². The summed E-state index contributed by atoms with van der Waals surface area (Å²) in [6, 6.07) is 16.9. The van der Waals surface area contributed by atoms with Gasteiger partial charge in [-0.25, -0.2) is 4.79 Å². The van der Waals surface area contributed by atoms with E-state index in [0.29, 0.717) is 18.5 Å². The number of benzene rings is 2. The molecule has 144 valence electrons. The van der Waals surface area contributed by atoms with Crippen LogP contribution in [-0.4, -0.2) is 35.1 Å². The van der Waals surface area contributed by atoms with E-state index >= 15 is 0 Å². The number of aliphatic carboxylic acids is 1. The Balaban J connectivity index is 1.65. The number of nitrogens with one attached hydrogen (secondary N) is 1. The molecule has 0 radical (unpaired) electrons. The lowest BCUT2D eigenvalue weighted by Gasteiger charge is -2.23. The Bertz CT molecular complexity index is 933. The second-order valence-electron chi connectivity index (χ2n) is 7.52. The molecular formula is C22H23N3O3. The summed E-state index contributed by atoms with van der Waals surface area (Å²) in [5, 5.41) is 21.3. The highest BCUT2D eigenvalue weighted by Crippen LogP contribution is 2.30. The minimum atomic E-state index is -0.875. The molecule has 28 heavy (non-hydrogen) atoms. The summed E-state index contributed by atoms with van der Waals surface area (Å²) >= 11 is 0. The van der Waals surface area contributed by atoms with E-state index in [0.717, 1.165) is 16.7 Å². The monoisotopic (exact) mass is 377 g/mol. The Morgan fingerprint density at radius 1 is 1.21 bits per heavy atom. The second kappa shape index (κ2) is 7.73. The van der Waals surface area contributed by atoms with E-state index in [1.807, 2.05) is 49.4 Å². The van der Waals surface area contributed by atoms with Gasteiger partial charge in [-0.3, -0.25) is 4.79 Å². The Hall–Kier alpha value is -3.33. The summed E-state index contributed by atoms with van der Waals surface area (Å²) in [6.45, 7) is 4.23. The third kappa shape index (κ3) is 3.99. The van der Waals surface area contributed by atoms with Gasteiger partial charge in [0.2, 0.25) is 0 Å². The molecule has 0 spiro atoms. The zero-order valence-corrected chi connectivity index (χ0v) is 16.0. The number of rotatable bonds is 4. The number of carbonyl (C=O) groups is 2. The van der Waals surface area contributed by atoms with Crippen LogP contribution in [0.15, 0.2) is 48.5 Å². The van der Waals surface area contributed by atoms with Crippen LogP contribution < -0.4 is 5.32 Å². The number of carboxylic acid groups (broad SMARTS) is 1. The molecule has 6 heteroatoms. The molecular weight excluding hydrogens is 354 g/mol. The normalized spacial score (nSPS) is 19.7. The minimum absolute atomic E-state index is 0.205. The lowest BCUT2D eigenvalue weighted by atomic mass is 9.90. The van der Waals surface area contributed by atoms with Gasteiger partial charge in [0.15, 0.2) is 0 Å². The van der Waals surface area contributed by atoms with Crippen LogP contribution in [0.5, 0.6) is 0 Å². The lowest BCUT2D eigenvalue weighted by molar-refractivity contribution is -0.147. The highest BCUT2D eigenvalue weighted by Gasteiger charge is 2.42. The lowest BCUT2D eigenvalue weighted by Crippen LogP contribution is -2.41. The number of urea groups is 1. The van der Waals surface area contributed by atoms with Crippen LogP contribution in [0.1, 0.15) is 37.4 Å². The van der Waals surface area contributed by atoms with E-state index in [-0.39, 0.29) is 18.6 Å². The van der Waals surface area contributed by atoms with Gasteiger partial charge >= 0.3 is 12.0 Å². The fraction of sp³-hybridized carbons (Fsp3) is 0.318. The molecule has 1 aliphatic heterocycles. The van der Waals surface area contributed by atoms with E-state index in [9.17, 15) is 14.7 Å². The number of nitriles is 1. The fourth-order valence-electron chi connectivity index (χ4n) is 3.40. The first kappa shape index (κ1) is 19.4. The van der Waals surface area contributed by atoms with Crippen LogP contribution in [0.4, 0.5) is 4.79 Å². The van der Waals surface area contributed by atoms with Crippen molar-refractivity contribution in [1.29, 1.82) is 5.26 Å². The van der Waals surface area contributed by atoms with E-state index in [4.69, 9.17) is 5.26 Å². The number of amides is 2. The quantitative estimate of drug-likeness (QED) is 0.848. The Kier molecular flexibility index (Phi) is 5.36. The van der Waals surface area contributed by atoms with Gasteiger partial charge in [-0.2, -0.15) is 5.26 Å². The van der Waals surface area contributed by atoms with Gasteiger partial charge in [0, 0.05) is 13.1 Å². The average Bonchev–Trinajstić information content (AvgIpc) is 3.12. The van der Waals surface area contributed by atoms with Crippen LogP contribution in [0.25, 0.3) is 11.1 Å². The number of hydrogen-bond acceptors (Lipinski definition) is 3. The molecule has 2 unspecified atom stereocenters. The van der Waals surface area contributed by atoms with E-state index in [1.165, 1.54) is 0 Å². The summed E-state index contributed by atoms with van der Waals surface area (Å²) in [5.74, 6) is -0.869. The highest BCUT2D eigenvalue weighted by molar-refractivity contribution is 5.79. The first-order valence-electron chi connectivity index (χ1n) is 9.22. The summed E-state index contributed by atoms with van der Waals surface area (Å²) < 4.78 is 0. The molecule has 2 aromatic rings. The van der Waals surface area contributed by atoms with Gasteiger partial charge in [0.05, 0.1) is 23.1 Å². The summed E-state index contributed by atoms with van der Waals surface area (Å²) in [4.78, 5) is 25.4. The maximum Gasteiger partial charge on any atom is 0.317 e. The van der Waals surface area contributed by atoms with E-state index < -0.39 is 11.4 Å². The Morgan fingerprint density at radius 2 is 1.93 bits per heavy atom. The molecule has 0 aromatic heterocycles. The molecule has 1 aliphatic rings. The number of hydrogen-bond donors (Lipinski definition) is 2. The minimum Gasteiger partial charge on any atom is -0.481 e. The zero-order chi connectivity index (χ0) is 20.3. The Morgan fingerprint density at radius 3 is 2.54 bits per heavy atom. The predicted molar refractivity (Wildman–Crippen MR) is 105 cm³/mol. The molecule has 2 N–H and O–H groups in total. The SMILES string of the molecule is CC(NC(=O)N1CCC(C)(C(=O)O)C1)c1ccc(-c2cccc(C#N)c2)cc1. The van der Waals surface area contributed by atoms with Gasteiger partial charge in [-0.1, -0.05) is 36.4 Å². The molecule has 2 atom stereocenters. The fourth-order valence-corrected chi connectivity index (χ4v) is 3.40. The molecule has 0 saturated carbocycles. The summed E-state index contributed by atoms with van der Waals surface area (Å²) in [5.41, 5.74) is 2.65. The van der Waals surface area contributed by atoms with Gasteiger partial charge < -0.3 is 15.3 Å². The van der Waals surface area contributed by atoms with Gasteiger partial charge in [0.1, 0.15) is 0 Å². The summed E-state index contributed by atoms with van der Waals surface area (Å²) in [6.07, 6.45) is 0.459. The largest absolute Gasteiger partial charge is 0.481 e. The maximum absolute atomic E-state index is 12.5. The first-order valence-corrected chi connectivity index (χ1v) is 9.22. The van der Waals surface area contributed by atoms with Crippen molar-refractivity contribution >= 4 is 12.0 Å². The number of carbonyl (C=O) groups excluding carboxylic acids is 1. The van der Waals surface area contributed by atoms with Crippen LogP contribution >= 0.6 is 0 Å². The molecule has 2 aromatic carbocycles. The molecule has 2 amide bonds. The van der Waals surface area contributed by atoms with Crippen molar-refractivity contribution in [3.8, 4) is 17.2 Å². The van der Waals surface area contributed by atoms with E-state index in [1.54, 1.807) is 17.9 Å². The molecule has 0 bridgehead atoms. The number of nitrogens with zero attached hydrogens (tertiary/aromatic N) is 2. The molecule has 1 saturated heterocycles. The van der Waals surface area contributed by atoms with Crippen LogP contribution in [0, 0.1) is 16.7 Å². The van der Waals surface area contributed by atoms with Crippen molar-refractivity contribution in [2.75, 3.05) is 13.1 Å². The molecule has 1 heterocycles. The van der Waals surface area contributed by atoms with Crippen LogP contribution in [-0.2, 0) is 4.79 Å². The highest BCUT2D eigenvalue weighted by atomic mass is 16.4. The standard InChI is InChI=1S/C22H23N3O3/c1-15(24-21(28)25-11-10-22(2,14-25)20(26)27)17-6-8-18(9-7-17)19-5-3-4-16(12-19)13-23/h3-9,12,15H,10-11,14H2,1-2H3,(H,24,28)(H,26,27). The van der Waals surface area contributed by atoms with Crippen molar-refractivity contribution in [3.05, 3.63) is 59.7 Å². The number of likely N-dealkylation sites (tertiary alicyclic amines) is 1. The van der Waals surface area contributed by atoms with Gasteiger partial charge in [0.25, 0.3) is 0 Å². The molecule has 1 fully saturated rings. The predicted octanol–water partition coefficient (Wildman–Crippen LogP) is 3.79. The van der Waals surface area contributed by atoms with Gasteiger partial charge in [-0.15, -0.1) is 0 Å². The molecule has 6 nitrogen and oxygen atoms in total. The zero-order valence-electron chi connectivity index (χ0n) is 16.0. The first-order chi connectivity index (χ1) is 13.3. The molecule has 3 rings (SSSR count). The summed E-state index contributed by atoms with van der Waals surface area (Å²) in [7, 11) is 0. The third-order valence-corrected chi connectivity index (χ3v) is 5.35. The van der Waals surface area contributed by atoms with Crippen LogP contribution in [0.2, 0.25) is 0 Å². The topological polar surface area (TPSA) is 93.4 Å². The van der Waals surface area contributed by atoms with Crippen molar-refractivity contribution < 1.29 is 14.7 Å². The third-order valence-electron chi connectivity index (χ3n) is 5.35. The van der Waals surface area contributed by atoms with Crippen molar-refractivity contribution in [2.24, 2.45) is 5.41 Å². The smallest absolute Gasteiger partial charge is 0.317 e. The van der Waals surface area contributed by atoms with Gasteiger partial charge in [-0.05, 0) is 49.1 Å². The van der Waals surface area contributed by atoms with Crippen molar-refractivity contribution in [1.82, 2.24) is 10.2 Å². The van der Waals surface area contributed by atoms with Crippen molar-refractivity contribution in [2.45, 2.75) is 26.3 Å². The van der Waals surface area contributed by atoms with Crippen LogP contribution in [0.3, 0.4) is 0 Å². The van der Waals surface area contributed by atoms with E-state index in [2.05, 4.69) is 11.4 Å². The Labute approximate surface area is 164 Å². The maximum atomic E-state index is 12.5. The second-order valence-corrected chi connectivity index (χ2v) is 7.52. The number of carboxylic acids is 1.